The third kappa shape index (κ3) is 4.79. The highest BCUT2D eigenvalue weighted by Crippen LogP contribution is 2.30. The van der Waals surface area contributed by atoms with Gasteiger partial charge in [-0.15, -0.1) is 0 Å². The molecular weight excluding hydrogens is 413 g/mol. The molecule has 0 saturated heterocycles. The Labute approximate surface area is 175 Å². The number of hydrogen-bond acceptors (Lipinski definition) is 5. The summed E-state index contributed by atoms with van der Waals surface area (Å²) in [4.78, 5) is 17.6. The highest BCUT2D eigenvalue weighted by Gasteiger charge is 2.38. The quantitative estimate of drug-likeness (QED) is 0.608. The summed E-state index contributed by atoms with van der Waals surface area (Å²) in [6, 6.07) is 13.9. The van der Waals surface area contributed by atoms with Crippen LogP contribution >= 0.6 is 0 Å². The molecule has 0 spiro atoms. The van der Waals surface area contributed by atoms with Crippen LogP contribution in [0.3, 0.4) is 0 Å². The maximum absolute atomic E-state index is 12.6. The molecule has 0 radical (unpaired) electrons. The number of urea groups is 1. The van der Waals surface area contributed by atoms with Gasteiger partial charge >= 0.3 is 18.1 Å². The minimum absolute atomic E-state index is 0.159. The van der Waals surface area contributed by atoms with Gasteiger partial charge in [-0.2, -0.15) is 18.2 Å². The van der Waals surface area contributed by atoms with E-state index in [0.717, 1.165) is 24.1 Å². The van der Waals surface area contributed by atoms with E-state index >= 15 is 0 Å². The van der Waals surface area contributed by atoms with E-state index < -0.39 is 12.1 Å². The molecule has 0 fully saturated rings. The standard InChI is InChI=1S/C21H19F3N4O3/c22-21(23,24)19-26-18(27-31-19)15-7-9-16(10-8-15)30-13-11-25-20(29)28-12-3-5-14-4-1-2-6-17(14)28/h1-2,4,6-10H,3,5,11-13H2,(H,25,29). The van der Waals surface area contributed by atoms with Crippen LogP contribution < -0.4 is 15.0 Å². The average molecular weight is 432 g/mol. The molecule has 162 valence electrons. The number of carbonyl (C=O) groups is 1. The topological polar surface area (TPSA) is 80.5 Å². The molecular formula is C21H19F3N4O3. The zero-order chi connectivity index (χ0) is 21.8. The highest BCUT2D eigenvalue weighted by atomic mass is 19.4. The molecule has 0 aliphatic carbocycles. The average Bonchev–Trinajstić information content (AvgIpc) is 3.27. The van der Waals surface area contributed by atoms with E-state index in [0.29, 0.717) is 24.4 Å². The number of para-hydroxylation sites is 1. The van der Waals surface area contributed by atoms with Crippen LogP contribution in [0.4, 0.5) is 23.7 Å². The summed E-state index contributed by atoms with van der Waals surface area (Å²) in [6.45, 7) is 1.21. The molecule has 4 rings (SSSR count). The van der Waals surface area contributed by atoms with Crippen molar-refractivity contribution in [3.8, 4) is 17.1 Å². The van der Waals surface area contributed by atoms with Crippen LogP contribution in [0, 0.1) is 0 Å². The molecule has 2 aromatic carbocycles. The van der Waals surface area contributed by atoms with Gasteiger partial charge < -0.3 is 14.6 Å². The number of nitrogens with one attached hydrogen (secondary N) is 1. The lowest BCUT2D eigenvalue weighted by molar-refractivity contribution is -0.159. The highest BCUT2D eigenvalue weighted by molar-refractivity contribution is 5.93. The van der Waals surface area contributed by atoms with Gasteiger partial charge in [-0.1, -0.05) is 23.4 Å². The van der Waals surface area contributed by atoms with Crippen molar-refractivity contribution in [2.45, 2.75) is 19.0 Å². The first-order valence-corrected chi connectivity index (χ1v) is 9.69. The van der Waals surface area contributed by atoms with Crippen LogP contribution in [-0.2, 0) is 12.6 Å². The summed E-state index contributed by atoms with van der Waals surface area (Å²) >= 11 is 0. The summed E-state index contributed by atoms with van der Waals surface area (Å²) in [5.41, 5.74) is 2.45. The van der Waals surface area contributed by atoms with Gasteiger partial charge in [0.2, 0.25) is 5.82 Å². The fourth-order valence-corrected chi connectivity index (χ4v) is 3.32. The number of nitrogens with zero attached hydrogens (tertiary/aromatic N) is 3. The summed E-state index contributed by atoms with van der Waals surface area (Å²) < 4.78 is 47.5. The van der Waals surface area contributed by atoms with Gasteiger partial charge in [-0.3, -0.25) is 4.90 Å². The Kier molecular flexibility index (Phi) is 5.79. The molecule has 1 aromatic heterocycles. The van der Waals surface area contributed by atoms with Crippen LogP contribution in [0.25, 0.3) is 11.4 Å². The van der Waals surface area contributed by atoms with Crippen LogP contribution in [0.2, 0.25) is 0 Å². The smallest absolute Gasteiger partial charge is 0.471 e. The van der Waals surface area contributed by atoms with Crippen molar-refractivity contribution >= 4 is 11.7 Å². The largest absolute Gasteiger partial charge is 0.492 e. The van der Waals surface area contributed by atoms with Gasteiger partial charge in [0.25, 0.3) is 0 Å². The van der Waals surface area contributed by atoms with E-state index in [-0.39, 0.29) is 18.5 Å². The normalized spacial score (nSPS) is 13.6. The predicted molar refractivity (Wildman–Crippen MR) is 106 cm³/mol. The number of hydrogen-bond donors (Lipinski definition) is 1. The molecule has 1 N–H and O–H groups in total. The lowest BCUT2D eigenvalue weighted by atomic mass is 10.0. The van der Waals surface area contributed by atoms with E-state index in [1.54, 1.807) is 17.0 Å². The fraction of sp³-hybridized carbons (Fsp3) is 0.286. The van der Waals surface area contributed by atoms with Gasteiger partial charge in [0, 0.05) is 17.8 Å². The number of aromatic nitrogens is 2. The molecule has 1 aliphatic rings. The second kappa shape index (κ2) is 8.66. The van der Waals surface area contributed by atoms with E-state index in [1.807, 2.05) is 24.3 Å². The summed E-state index contributed by atoms with van der Waals surface area (Å²) in [7, 11) is 0. The number of carbonyl (C=O) groups excluding carboxylic acids is 1. The molecule has 31 heavy (non-hydrogen) atoms. The number of benzene rings is 2. The Morgan fingerprint density at radius 3 is 2.68 bits per heavy atom. The van der Waals surface area contributed by atoms with E-state index in [2.05, 4.69) is 20.0 Å². The molecule has 10 heteroatoms. The Morgan fingerprint density at radius 2 is 1.94 bits per heavy atom. The third-order valence-corrected chi connectivity index (χ3v) is 4.78. The molecule has 0 atom stereocenters. The second-order valence-corrected chi connectivity index (χ2v) is 6.91. The maximum Gasteiger partial charge on any atom is 0.471 e. The van der Waals surface area contributed by atoms with Crippen molar-refractivity contribution in [1.82, 2.24) is 15.5 Å². The van der Waals surface area contributed by atoms with E-state index in [4.69, 9.17) is 4.74 Å². The molecule has 0 unspecified atom stereocenters. The monoisotopic (exact) mass is 432 g/mol. The number of ether oxygens (including phenoxy) is 1. The molecule has 0 saturated carbocycles. The molecule has 1 aliphatic heterocycles. The second-order valence-electron chi connectivity index (χ2n) is 6.91. The Hall–Kier alpha value is -3.56. The lowest BCUT2D eigenvalue weighted by Gasteiger charge is -2.29. The van der Waals surface area contributed by atoms with Crippen molar-refractivity contribution in [2.24, 2.45) is 0 Å². The number of amides is 2. The van der Waals surface area contributed by atoms with E-state index in [9.17, 15) is 18.0 Å². The van der Waals surface area contributed by atoms with Gasteiger partial charge in [0.1, 0.15) is 12.4 Å². The third-order valence-electron chi connectivity index (χ3n) is 4.78. The molecule has 2 heterocycles. The van der Waals surface area contributed by atoms with E-state index in [1.165, 1.54) is 12.1 Å². The Morgan fingerprint density at radius 1 is 1.16 bits per heavy atom. The predicted octanol–water partition coefficient (Wildman–Crippen LogP) is 4.30. The zero-order valence-electron chi connectivity index (χ0n) is 16.4. The van der Waals surface area contributed by atoms with Crippen molar-refractivity contribution in [3.63, 3.8) is 0 Å². The summed E-state index contributed by atoms with van der Waals surface area (Å²) in [5, 5.41) is 6.18. The lowest BCUT2D eigenvalue weighted by Crippen LogP contribution is -2.44. The summed E-state index contributed by atoms with van der Waals surface area (Å²) in [5.74, 6) is -1.05. The van der Waals surface area contributed by atoms with Crippen LogP contribution in [0.1, 0.15) is 17.9 Å². The summed E-state index contributed by atoms with van der Waals surface area (Å²) in [6.07, 6.45) is -2.81. The number of aryl methyl sites for hydroxylation is 1. The van der Waals surface area contributed by atoms with Crippen LogP contribution in [-0.4, -0.2) is 35.9 Å². The number of anilines is 1. The number of halogens is 3. The number of rotatable bonds is 5. The van der Waals surface area contributed by atoms with Crippen LogP contribution in [0.5, 0.6) is 5.75 Å². The minimum atomic E-state index is -4.69. The molecule has 7 nitrogen and oxygen atoms in total. The Balaban J connectivity index is 1.27. The molecule has 0 bridgehead atoms. The molecule has 3 aromatic rings. The Bertz CT molecular complexity index is 1050. The van der Waals surface area contributed by atoms with Gasteiger partial charge in [-0.05, 0) is 48.7 Å². The van der Waals surface area contributed by atoms with Crippen molar-refractivity contribution in [3.05, 3.63) is 60.0 Å². The van der Waals surface area contributed by atoms with Crippen LogP contribution in [0.15, 0.2) is 53.1 Å². The van der Waals surface area contributed by atoms with Gasteiger partial charge in [0.05, 0.1) is 6.54 Å². The number of fused-ring (bicyclic) bond motifs is 1. The zero-order valence-corrected chi connectivity index (χ0v) is 16.4. The van der Waals surface area contributed by atoms with Crippen molar-refractivity contribution in [2.75, 3.05) is 24.6 Å². The molecule has 2 amide bonds. The van der Waals surface area contributed by atoms with Gasteiger partial charge in [-0.25, -0.2) is 4.79 Å². The van der Waals surface area contributed by atoms with Gasteiger partial charge in [0.15, 0.2) is 0 Å². The van der Waals surface area contributed by atoms with Crippen molar-refractivity contribution < 1.29 is 27.2 Å². The minimum Gasteiger partial charge on any atom is -0.492 e. The maximum atomic E-state index is 12.6. The fourth-order valence-electron chi connectivity index (χ4n) is 3.32. The van der Waals surface area contributed by atoms with Crippen molar-refractivity contribution in [1.29, 1.82) is 0 Å². The first-order chi connectivity index (χ1) is 14.9. The first-order valence-electron chi connectivity index (χ1n) is 9.69. The first kappa shape index (κ1) is 20.7. The SMILES string of the molecule is O=C(NCCOc1ccc(-c2noc(C(F)(F)F)n2)cc1)N1CCCc2ccccc21. The number of alkyl halides is 3.